The summed E-state index contributed by atoms with van der Waals surface area (Å²) in [6.07, 6.45) is 1.84. The van der Waals surface area contributed by atoms with Crippen LogP contribution >= 0.6 is 0 Å². The second-order valence-corrected chi connectivity index (χ2v) is 6.70. The van der Waals surface area contributed by atoms with Gasteiger partial charge in [-0.1, -0.05) is 0 Å². The predicted octanol–water partition coefficient (Wildman–Crippen LogP) is 3.08. The minimum Gasteiger partial charge on any atom is -0.365 e. The van der Waals surface area contributed by atoms with Crippen molar-refractivity contribution in [2.45, 2.75) is 44.6 Å². The minimum atomic E-state index is -2.57. The van der Waals surface area contributed by atoms with Gasteiger partial charge in [0.05, 0.1) is 0 Å². The Kier molecular flexibility index (Phi) is 4.19. The van der Waals surface area contributed by atoms with Crippen molar-refractivity contribution in [2.24, 2.45) is 0 Å². The van der Waals surface area contributed by atoms with Crippen LogP contribution in [0.1, 0.15) is 48.8 Å². The average molecular weight is 346 g/mol. The van der Waals surface area contributed by atoms with E-state index in [9.17, 15) is 8.78 Å². The van der Waals surface area contributed by atoms with E-state index in [2.05, 4.69) is 25.3 Å². The lowest BCUT2D eigenvalue weighted by Gasteiger charge is -2.19. The molecule has 0 bridgehead atoms. The minimum absolute atomic E-state index is 0.172. The van der Waals surface area contributed by atoms with E-state index in [1.54, 1.807) is 0 Å². The van der Waals surface area contributed by atoms with Crippen molar-refractivity contribution >= 4 is 11.6 Å². The number of hydrogen-bond donors (Lipinski definition) is 1. The van der Waals surface area contributed by atoms with E-state index in [0.717, 1.165) is 37.3 Å². The molecule has 1 aliphatic heterocycles. The summed E-state index contributed by atoms with van der Waals surface area (Å²) in [5.41, 5.74) is 0.730. The smallest absolute Gasteiger partial charge is 0.280 e. The van der Waals surface area contributed by atoms with Crippen molar-refractivity contribution in [2.75, 3.05) is 23.3 Å². The second kappa shape index (κ2) is 6.50. The highest BCUT2D eigenvalue weighted by atomic mass is 19.3. The van der Waals surface area contributed by atoms with E-state index in [1.165, 1.54) is 12.4 Å². The molecule has 132 valence electrons. The van der Waals surface area contributed by atoms with E-state index < -0.39 is 6.43 Å². The summed E-state index contributed by atoms with van der Waals surface area (Å²) in [6, 6.07) is 3.52. The fourth-order valence-electron chi connectivity index (χ4n) is 3.10. The van der Waals surface area contributed by atoms with Crippen LogP contribution < -0.4 is 10.2 Å². The number of halogens is 2. The summed E-state index contributed by atoms with van der Waals surface area (Å²) < 4.78 is 26.3. The number of nitrogens with zero attached hydrogens (tertiary/aromatic N) is 5. The lowest BCUT2D eigenvalue weighted by atomic mass is 10.2. The SMILES string of the molecule is Cc1cc(NC2CCN(c3cc(C(F)F)nc(C4CC4)n3)C2)ncn1. The van der Waals surface area contributed by atoms with Crippen LogP contribution in [0.2, 0.25) is 0 Å². The molecule has 1 unspecified atom stereocenters. The van der Waals surface area contributed by atoms with Gasteiger partial charge in [-0.05, 0) is 26.2 Å². The Bertz CT molecular complexity index is 744. The first kappa shape index (κ1) is 16.1. The monoisotopic (exact) mass is 346 g/mol. The van der Waals surface area contributed by atoms with Crippen molar-refractivity contribution in [1.82, 2.24) is 19.9 Å². The van der Waals surface area contributed by atoms with Crippen LogP contribution in [-0.2, 0) is 0 Å². The maximum absolute atomic E-state index is 13.2. The number of rotatable bonds is 5. The number of alkyl halides is 2. The molecule has 0 spiro atoms. The lowest BCUT2D eigenvalue weighted by Crippen LogP contribution is -2.27. The van der Waals surface area contributed by atoms with Crippen LogP contribution in [0.15, 0.2) is 18.5 Å². The number of nitrogens with one attached hydrogen (secondary N) is 1. The fourth-order valence-corrected chi connectivity index (χ4v) is 3.10. The molecule has 1 atom stereocenters. The molecule has 2 aromatic rings. The van der Waals surface area contributed by atoms with Gasteiger partial charge in [-0.3, -0.25) is 0 Å². The van der Waals surface area contributed by atoms with Crippen molar-refractivity contribution in [3.8, 4) is 0 Å². The molecule has 1 saturated carbocycles. The van der Waals surface area contributed by atoms with Crippen molar-refractivity contribution in [1.29, 1.82) is 0 Å². The van der Waals surface area contributed by atoms with E-state index in [0.29, 0.717) is 18.2 Å². The van der Waals surface area contributed by atoms with Gasteiger partial charge in [-0.2, -0.15) is 0 Å². The molecule has 6 nitrogen and oxygen atoms in total. The van der Waals surface area contributed by atoms with Crippen LogP contribution in [0.3, 0.4) is 0 Å². The molecule has 25 heavy (non-hydrogen) atoms. The molecule has 0 amide bonds. The molecule has 0 aromatic carbocycles. The first-order valence-electron chi connectivity index (χ1n) is 8.55. The van der Waals surface area contributed by atoms with Crippen molar-refractivity contribution < 1.29 is 8.78 Å². The maximum atomic E-state index is 13.2. The van der Waals surface area contributed by atoms with Crippen molar-refractivity contribution in [3.05, 3.63) is 35.7 Å². The Balaban J connectivity index is 1.49. The second-order valence-electron chi connectivity index (χ2n) is 6.70. The molecule has 1 N–H and O–H groups in total. The van der Waals surface area contributed by atoms with Gasteiger partial charge in [0.15, 0.2) is 0 Å². The molecule has 8 heteroatoms. The summed E-state index contributed by atoms with van der Waals surface area (Å²) in [4.78, 5) is 18.9. The van der Waals surface area contributed by atoms with Gasteiger partial charge >= 0.3 is 0 Å². The summed E-state index contributed by atoms with van der Waals surface area (Å²) in [6.45, 7) is 3.39. The fraction of sp³-hybridized carbons (Fsp3) is 0.529. The first-order valence-corrected chi connectivity index (χ1v) is 8.55. The van der Waals surface area contributed by atoms with Crippen molar-refractivity contribution in [3.63, 3.8) is 0 Å². The maximum Gasteiger partial charge on any atom is 0.280 e. The third-order valence-electron chi connectivity index (χ3n) is 4.58. The third kappa shape index (κ3) is 3.67. The molecule has 0 radical (unpaired) electrons. The van der Waals surface area contributed by atoms with Gasteiger partial charge < -0.3 is 10.2 Å². The molecule has 2 aromatic heterocycles. The van der Waals surface area contributed by atoms with Gasteiger partial charge in [0, 0.05) is 42.9 Å². The molecule has 2 aliphatic rings. The Morgan fingerprint density at radius 1 is 1.16 bits per heavy atom. The van der Waals surface area contributed by atoms with Crippen LogP contribution in [0.5, 0.6) is 0 Å². The van der Waals surface area contributed by atoms with E-state index in [4.69, 9.17) is 0 Å². The number of hydrogen-bond acceptors (Lipinski definition) is 6. The third-order valence-corrected chi connectivity index (χ3v) is 4.58. The standard InChI is InChI=1S/C17H20F2N6/c1-10-6-14(21-9-20-10)22-12-4-5-25(8-12)15-7-13(16(18)19)23-17(24-15)11-2-3-11/h6-7,9,11-12,16H,2-5,8H2,1H3,(H,20,21,22). The highest BCUT2D eigenvalue weighted by Gasteiger charge is 2.30. The average Bonchev–Trinajstić information content (AvgIpc) is 3.34. The largest absolute Gasteiger partial charge is 0.365 e. The molecule has 4 rings (SSSR count). The zero-order valence-electron chi connectivity index (χ0n) is 14.0. The summed E-state index contributed by atoms with van der Waals surface area (Å²) in [5.74, 6) is 2.21. The van der Waals surface area contributed by atoms with Crippen LogP contribution in [0.25, 0.3) is 0 Å². The lowest BCUT2D eigenvalue weighted by molar-refractivity contribution is 0.145. The summed E-state index contributed by atoms with van der Waals surface area (Å²) in [5, 5.41) is 3.38. The van der Waals surface area contributed by atoms with Gasteiger partial charge in [-0.25, -0.2) is 28.7 Å². The molecule has 2 fully saturated rings. The predicted molar refractivity (Wildman–Crippen MR) is 90.0 cm³/mol. The van der Waals surface area contributed by atoms with Gasteiger partial charge in [0.1, 0.15) is 29.5 Å². The highest BCUT2D eigenvalue weighted by molar-refractivity contribution is 5.45. The summed E-state index contributed by atoms with van der Waals surface area (Å²) in [7, 11) is 0. The molecular formula is C17H20F2N6. The topological polar surface area (TPSA) is 66.8 Å². The molecular weight excluding hydrogens is 326 g/mol. The zero-order valence-corrected chi connectivity index (χ0v) is 14.0. The zero-order chi connectivity index (χ0) is 17.4. The van der Waals surface area contributed by atoms with E-state index in [1.807, 2.05) is 17.9 Å². The van der Waals surface area contributed by atoms with Crippen LogP contribution in [0.4, 0.5) is 20.4 Å². The normalized spacial score (nSPS) is 20.3. The Morgan fingerprint density at radius 3 is 2.72 bits per heavy atom. The van der Waals surface area contributed by atoms with E-state index in [-0.39, 0.29) is 17.7 Å². The Hall–Kier alpha value is -2.38. The quantitative estimate of drug-likeness (QED) is 0.897. The molecule has 1 aliphatic carbocycles. The van der Waals surface area contributed by atoms with E-state index >= 15 is 0 Å². The van der Waals surface area contributed by atoms with Gasteiger partial charge in [-0.15, -0.1) is 0 Å². The first-order chi connectivity index (χ1) is 12.1. The highest BCUT2D eigenvalue weighted by Crippen LogP contribution is 2.39. The number of aryl methyl sites for hydroxylation is 1. The van der Waals surface area contributed by atoms with Crippen LogP contribution in [-0.4, -0.2) is 39.1 Å². The molecule has 1 saturated heterocycles. The van der Waals surface area contributed by atoms with Gasteiger partial charge in [0.2, 0.25) is 0 Å². The number of aromatic nitrogens is 4. The summed E-state index contributed by atoms with van der Waals surface area (Å²) >= 11 is 0. The number of anilines is 2. The molecule has 3 heterocycles. The van der Waals surface area contributed by atoms with Gasteiger partial charge in [0.25, 0.3) is 6.43 Å². The van der Waals surface area contributed by atoms with Crippen LogP contribution in [0, 0.1) is 6.92 Å². The Morgan fingerprint density at radius 2 is 2.00 bits per heavy atom. The Labute approximate surface area is 144 Å².